The summed E-state index contributed by atoms with van der Waals surface area (Å²) in [6.45, 7) is 6.28. The molecule has 1 amide bonds. The third kappa shape index (κ3) is 4.54. The van der Waals surface area contributed by atoms with Crippen LogP contribution in [0.4, 0.5) is 0 Å². The van der Waals surface area contributed by atoms with Gasteiger partial charge in [-0.1, -0.05) is 0 Å². The number of hydrogen-bond acceptors (Lipinski definition) is 7. The molecule has 0 saturated heterocycles. The number of rotatable bonds is 7. The number of furan rings is 1. The van der Waals surface area contributed by atoms with Gasteiger partial charge in [0.1, 0.15) is 32.7 Å². The zero-order chi connectivity index (χ0) is 21.8. The third-order valence-corrected chi connectivity index (χ3v) is 5.71. The zero-order valence-electron chi connectivity index (χ0n) is 17.6. The highest BCUT2D eigenvalue weighted by atomic mass is 32.1. The molecule has 7 nitrogen and oxygen atoms in total. The predicted molar refractivity (Wildman–Crippen MR) is 114 cm³/mol. The van der Waals surface area contributed by atoms with Gasteiger partial charge in [-0.3, -0.25) is 4.79 Å². The molecular formula is C22H24N2O5S. The average molecular weight is 429 g/mol. The number of nitrogens with zero attached hydrogens (tertiary/aromatic N) is 2. The Labute approximate surface area is 179 Å². The molecule has 0 radical (unpaired) electrons. The highest BCUT2D eigenvalue weighted by molar-refractivity contribution is 7.17. The van der Waals surface area contributed by atoms with Crippen LogP contribution in [0, 0.1) is 13.8 Å². The number of esters is 1. The summed E-state index contributed by atoms with van der Waals surface area (Å²) in [5.74, 6) is 1.15. The first kappa shape index (κ1) is 21.6. The minimum atomic E-state index is -0.463. The number of aromatic nitrogens is 1. The van der Waals surface area contributed by atoms with Crippen molar-refractivity contribution in [2.24, 2.45) is 0 Å². The van der Waals surface area contributed by atoms with Gasteiger partial charge >= 0.3 is 5.97 Å². The molecule has 0 unspecified atom stereocenters. The monoisotopic (exact) mass is 428 g/mol. The number of thiazole rings is 1. The molecule has 0 atom stereocenters. The first-order valence-electron chi connectivity index (χ1n) is 9.47. The van der Waals surface area contributed by atoms with Crippen molar-refractivity contribution in [3.63, 3.8) is 0 Å². The van der Waals surface area contributed by atoms with Crippen LogP contribution in [0.2, 0.25) is 0 Å². The molecule has 0 fully saturated rings. The summed E-state index contributed by atoms with van der Waals surface area (Å²) in [7, 11) is 3.01. The Kier molecular flexibility index (Phi) is 6.56. The van der Waals surface area contributed by atoms with E-state index in [1.807, 2.05) is 38.1 Å². The number of ether oxygens (including phenoxy) is 2. The molecule has 3 aromatic rings. The van der Waals surface area contributed by atoms with E-state index in [0.717, 1.165) is 16.3 Å². The summed E-state index contributed by atoms with van der Waals surface area (Å²) in [4.78, 5) is 31.4. The second kappa shape index (κ2) is 9.13. The van der Waals surface area contributed by atoms with Crippen molar-refractivity contribution in [3.05, 3.63) is 58.0 Å². The molecule has 1 aromatic carbocycles. The van der Waals surface area contributed by atoms with Crippen molar-refractivity contribution in [1.29, 1.82) is 0 Å². The Hall–Kier alpha value is -3.13. The molecule has 2 aromatic heterocycles. The van der Waals surface area contributed by atoms with E-state index in [1.54, 1.807) is 24.9 Å². The van der Waals surface area contributed by atoms with Gasteiger partial charge < -0.3 is 18.8 Å². The summed E-state index contributed by atoms with van der Waals surface area (Å²) in [6, 6.07) is 9.25. The molecular weight excluding hydrogens is 404 g/mol. The molecule has 0 bridgehead atoms. The minimum Gasteiger partial charge on any atom is -0.494 e. The standard InChI is InChI=1S/C22H24N2O5S/c1-6-28-16-9-7-15(8-10-16)20-23-13(2)19(30-20)21(25)24(4)12-17-11-18(14(3)29-17)22(26)27-5/h7-11H,6,12H2,1-5H3. The number of carbonyl (C=O) groups is 2. The summed E-state index contributed by atoms with van der Waals surface area (Å²) < 4.78 is 15.8. The maximum Gasteiger partial charge on any atom is 0.341 e. The summed E-state index contributed by atoms with van der Waals surface area (Å²) in [6.07, 6.45) is 0. The average Bonchev–Trinajstić information content (AvgIpc) is 3.30. The molecule has 0 N–H and O–H groups in total. The van der Waals surface area contributed by atoms with Gasteiger partial charge in [-0.15, -0.1) is 11.3 Å². The molecule has 3 rings (SSSR count). The normalized spacial score (nSPS) is 10.7. The number of amides is 1. The SMILES string of the molecule is CCOc1ccc(-c2nc(C)c(C(=O)N(C)Cc3cc(C(=O)OC)c(C)o3)s2)cc1. The fourth-order valence-corrected chi connectivity index (χ4v) is 4.06. The number of carbonyl (C=O) groups excluding carboxylic acids is 2. The molecule has 158 valence electrons. The van der Waals surface area contributed by atoms with E-state index in [9.17, 15) is 9.59 Å². The summed E-state index contributed by atoms with van der Waals surface area (Å²) >= 11 is 1.35. The van der Waals surface area contributed by atoms with Gasteiger partial charge in [0.15, 0.2) is 0 Å². The lowest BCUT2D eigenvalue weighted by atomic mass is 10.2. The number of hydrogen-bond donors (Lipinski definition) is 0. The topological polar surface area (TPSA) is 81.9 Å². The van der Waals surface area contributed by atoms with Gasteiger partial charge in [0.2, 0.25) is 0 Å². The first-order valence-corrected chi connectivity index (χ1v) is 10.3. The van der Waals surface area contributed by atoms with Crippen LogP contribution in [0.1, 0.15) is 44.2 Å². The Morgan fingerprint density at radius 2 is 1.90 bits per heavy atom. The van der Waals surface area contributed by atoms with E-state index >= 15 is 0 Å². The fourth-order valence-electron chi connectivity index (χ4n) is 2.99. The van der Waals surface area contributed by atoms with E-state index in [4.69, 9.17) is 13.9 Å². The van der Waals surface area contributed by atoms with Crippen LogP contribution in [0.25, 0.3) is 10.6 Å². The lowest BCUT2D eigenvalue weighted by molar-refractivity contribution is 0.0598. The van der Waals surface area contributed by atoms with E-state index in [2.05, 4.69) is 4.98 Å². The van der Waals surface area contributed by atoms with E-state index in [-0.39, 0.29) is 12.5 Å². The van der Waals surface area contributed by atoms with Gasteiger partial charge in [-0.2, -0.15) is 0 Å². The molecule has 0 aliphatic rings. The van der Waals surface area contributed by atoms with E-state index < -0.39 is 5.97 Å². The minimum absolute atomic E-state index is 0.157. The lowest BCUT2D eigenvalue weighted by Gasteiger charge is -2.14. The second-order valence-corrected chi connectivity index (χ2v) is 7.73. The maximum atomic E-state index is 13.0. The van der Waals surface area contributed by atoms with Gasteiger partial charge in [0.05, 0.1) is 26.0 Å². The van der Waals surface area contributed by atoms with Crippen LogP contribution < -0.4 is 4.74 Å². The smallest absolute Gasteiger partial charge is 0.341 e. The Bertz CT molecular complexity index is 1050. The van der Waals surface area contributed by atoms with Crippen molar-refractivity contribution < 1.29 is 23.5 Å². The number of benzene rings is 1. The highest BCUT2D eigenvalue weighted by Gasteiger charge is 2.22. The lowest BCUT2D eigenvalue weighted by Crippen LogP contribution is -2.25. The molecule has 0 saturated carbocycles. The Morgan fingerprint density at radius 1 is 1.20 bits per heavy atom. The van der Waals surface area contributed by atoms with Crippen LogP contribution in [-0.2, 0) is 11.3 Å². The first-order chi connectivity index (χ1) is 14.3. The van der Waals surface area contributed by atoms with Crippen molar-refractivity contribution >= 4 is 23.2 Å². The molecule has 0 spiro atoms. The highest BCUT2D eigenvalue weighted by Crippen LogP contribution is 2.30. The van der Waals surface area contributed by atoms with Crippen LogP contribution in [0.15, 0.2) is 34.7 Å². The maximum absolute atomic E-state index is 13.0. The molecule has 0 aliphatic heterocycles. The second-order valence-electron chi connectivity index (χ2n) is 6.73. The Balaban J connectivity index is 1.76. The molecule has 30 heavy (non-hydrogen) atoms. The molecule has 8 heteroatoms. The van der Waals surface area contributed by atoms with Crippen molar-refractivity contribution in [3.8, 4) is 16.3 Å². The quantitative estimate of drug-likeness (QED) is 0.516. The molecule has 2 heterocycles. The third-order valence-electron chi connectivity index (χ3n) is 4.52. The van der Waals surface area contributed by atoms with Gasteiger partial charge in [0.25, 0.3) is 5.91 Å². The number of methoxy groups -OCH3 is 1. The summed E-state index contributed by atoms with van der Waals surface area (Å²) in [5.41, 5.74) is 1.96. The van der Waals surface area contributed by atoms with Gasteiger partial charge in [-0.25, -0.2) is 9.78 Å². The largest absolute Gasteiger partial charge is 0.494 e. The van der Waals surface area contributed by atoms with Crippen LogP contribution in [0.5, 0.6) is 5.75 Å². The molecule has 0 aliphatic carbocycles. The van der Waals surface area contributed by atoms with Gasteiger partial charge in [-0.05, 0) is 51.1 Å². The summed E-state index contributed by atoms with van der Waals surface area (Å²) in [5, 5.41) is 0.772. The van der Waals surface area contributed by atoms with E-state index in [0.29, 0.717) is 34.3 Å². The van der Waals surface area contributed by atoms with Crippen LogP contribution >= 0.6 is 11.3 Å². The zero-order valence-corrected chi connectivity index (χ0v) is 18.5. The fraction of sp³-hybridized carbons (Fsp3) is 0.318. The van der Waals surface area contributed by atoms with Crippen LogP contribution in [-0.4, -0.2) is 42.5 Å². The van der Waals surface area contributed by atoms with Crippen LogP contribution in [0.3, 0.4) is 0 Å². The van der Waals surface area contributed by atoms with Gasteiger partial charge in [0, 0.05) is 12.6 Å². The van der Waals surface area contributed by atoms with Crippen molar-refractivity contribution in [2.45, 2.75) is 27.3 Å². The Morgan fingerprint density at radius 3 is 2.53 bits per heavy atom. The number of aryl methyl sites for hydroxylation is 2. The van der Waals surface area contributed by atoms with Crippen molar-refractivity contribution in [2.75, 3.05) is 20.8 Å². The van der Waals surface area contributed by atoms with E-state index in [1.165, 1.54) is 18.4 Å². The van der Waals surface area contributed by atoms with Crippen molar-refractivity contribution in [1.82, 2.24) is 9.88 Å². The predicted octanol–water partition coefficient (Wildman–Crippen LogP) is 4.48.